The van der Waals surface area contributed by atoms with Gasteiger partial charge in [0, 0.05) is 31.9 Å². The van der Waals surface area contributed by atoms with Crippen LogP contribution in [-0.2, 0) is 17.7 Å². The van der Waals surface area contributed by atoms with E-state index in [4.69, 9.17) is 10.5 Å². The second-order valence-electron chi connectivity index (χ2n) is 4.72. The van der Waals surface area contributed by atoms with Gasteiger partial charge in [-0.05, 0) is 30.0 Å². The van der Waals surface area contributed by atoms with Crippen molar-refractivity contribution in [1.29, 1.82) is 0 Å². The molecule has 1 unspecified atom stereocenters. The highest BCUT2D eigenvalue weighted by molar-refractivity contribution is 5.51. The van der Waals surface area contributed by atoms with Crippen LogP contribution in [0.25, 0.3) is 0 Å². The fraction of sp³-hybridized carbons (Fsp3) is 0.571. The lowest BCUT2D eigenvalue weighted by molar-refractivity contribution is 0.0792. The van der Waals surface area contributed by atoms with Crippen molar-refractivity contribution in [2.75, 3.05) is 26.0 Å². The van der Waals surface area contributed by atoms with Crippen LogP contribution < -0.4 is 5.73 Å². The first-order valence-corrected chi connectivity index (χ1v) is 6.35. The Kier molecular flexibility index (Phi) is 4.02. The normalized spacial score (nSPS) is 17.8. The van der Waals surface area contributed by atoms with Crippen molar-refractivity contribution >= 4 is 5.69 Å². The average molecular weight is 234 g/mol. The van der Waals surface area contributed by atoms with Crippen LogP contribution in [0.3, 0.4) is 0 Å². The highest BCUT2D eigenvalue weighted by atomic mass is 16.5. The van der Waals surface area contributed by atoms with Crippen molar-refractivity contribution in [3.63, 3.8) is 0 Å². The highest BCUT2D eigenvalue weighted by Crippen LogP contribution is 2.26. The van der Waals surface area contributed by atoms with Crippen LogP contribution in [0.4, 0.5) is 5.69 Å². The number of rotatable bonds is 4. The largest absolute Gasteiger partial charge is 0.398 e. The zero-order chi connectivity index (χ0) is 12.3. The van der Waals surface area contributed by atoms with E-state index in [0.29, 0.717) is 6.04 Å². The minimum atomic E-state index is 0.507. The Morgan fingerprint density at radius 1 is 1.47 bits per heavy atom. The summed E-state index contributed by atoms with van der Waals surface area (Å²) in [5.41, 5.74) is 9.72. The predicted molar refractivity (Wildman–Crippen MR) is 70.9 cm³/mol. The van der Waals surface area contributed by atoms with E-state index in [-0.39, 0.29) is 0 Å². The van der Waals surface area contributed by atoms with E-state index in [9.17, 15) is 0 Å². The molecule has 1 heterocycles. The molecule has 2 rings (SSSR count). The number of nitrogens with two attached hydrogens (primary N) is 1. The van der Waals surface area contributed by atoms with Gasteiger partial charge in [-0.3, -0.25) is 4.90 Å². The van der Waals surface area contributed by atoms with Gasteiger partial charge >= 0.3 is 0 Å². The Morgan fingerprint density at radius 3 is 3.00 bits per heavy atom. The summed E-state index contributed by atoms with van der Waals surface area (Å²) in [7, 11) is 1.77. The third-order valence-electron chi connectivity index (χ3n) is 3.69. The first kappa shape index (κ1) is 12.4. The van der Waals surface area contributed by atoms with Crippen LogP contribution in [0, 0.1) is 0 Å². The van der Waals surface area contributed by atoms with Crippen molar-refractivity contribution in [3.05, 3.63) is 29.3 Å². The van der Waals surface area contributed by atoms with Crippen molar-refractivity contribution < 1.29 is 4.74 Å². The topological polar surface area (TPSA) is 38.5 Å². The molecule has 0 radical (unpaired) electrons. The van der Waals surface area contributed by atoms with Crippen LogP contribution in [-0.4, -0.2) is 31.2 Å². The zero-order valence-corrected chi connectivity index (χ0v) is 10.8. The molecule has 1 aliphatic heterocycles. The molecule has 1 aromatic rings. The molecule has 0 spiro atoms. The van der Waals surface area contributed by atoms with Gasteiger partial charge in [0.2, 0.25) is 0 Å². The van der Waals surface area contributed by atoms with E-state index in [1.807, 2.05) is 6.07 Å². The molecule has 3 nitrogen and oxygen atoms in total. The van der Waals surface area contributed by atoms with Gasteiger partial charge in [0.15, 0.2) is 0 Å². The second-order valence-corrected chi connectivity index (χ2v) is 4.72. The molecule has 94 valence electrons. The highest BCUT2D eigenvalue weighted by Gasteiger charge is 2.23. The molecule has 17 heavy (non-hydrogen) atoms. The van der Waals surface area contributed by atoms with Gasteiger partial charge < -0.3 is 10.5 Å². The maximum atomic E-state index is 6.06. The Balaban J connectivity index is 2.14. The summed E-state index contributed by atoms with van der Waals surface area (Å²) in [5.74, 6) is 0. The maximum Gasteiger partial charge on any atom is 0.0618 e. The molecule has 0 saturated carbocycles. The number of fused-ring (bicyclic) bond motifs is 1. The number of methoxy groups -OCH3 is 1. The van der Waals surface area contributed by atoms with Crippen molar-refractivity contribution in [3.8, 4) is 0 Å². The van der Waals surface area contributed by atoms with Gasteiger partial charge in [0.05, 0.1) is 6.61 Å². The van der Waals surface area contributed by atoms with Crippen LogP contribution in [0.5, 0.6) is 0 Å². The summed E-state index contributed by atoms with van der Waals surface area (Å²) in [4.78, 5) is 2.49. The van der Waals surface area contributed by atoms with Crippen molar-refractivity contribution in [2.24, 2.45) is 0 Å². The Labute approximate surface area is 104 Å². The number of anilines is 1. The maximum absolute atomic E-state index is 6.06. The predicted octanol–water partition coefficient (Wildman–Crippen LogP) is 2.05. The molecule has 1 aromatic carbocycles. The van der Waals surface area contributed by atoms with Gasteiger partial charge in [0.1, 0.15) is 0 Å². The van der Waals surface area contributed by atoms with Crippen LogP contribution in [0.1, 0.15) is 24.5 Å². The fourth-order valence-corrected chi connectivity index (χ4v) is 2.61. The monoisotopic (exact) mass is 234 g/mol. The van der Waals surface area contributed by atoms with E-state index in [0.717, 1.165) is 38.2 Å². The molecule has 1 atom stereocenters. The summed E-state index contributed by atoms with van der Waals surface area (Å²) in [6.45, 7) is 5.09. The number of hydrogen-bond acceptors (Lipinski definition) is 3. The summed E-state index contributed by atoms with van der Waals surface area (Å²) >= 11 is 0. The molecule has 0 bridgehead atoms. The molecule has 3 heteroatoms. The summed E-state index contributed by atoms with van der Waals surface area (Å²) in [6.07, 6.45) is 2.22. The minimum absolute atomic E-state index is 0.507. The van der Waals surface area contributed by atoms with Gasteiger partial charge in [-0.2, -0.15) is 0 Å². The molecule has 1 aliphatic rings. The molecule has 0 saturated heterocycles. The standard InChI is InChI=1S/C14H22N2O/c1-3-12(10-17-2)16-8-7-11-5-4-6-14(15)13(11)9-16/h4-6,12H,3,7-10,15H2,1-2H3. The first-order valence-electron chi connectivity index (χ1n) is 6.35. The van der Waals surface area contributed by atoms with Crippen molar-refractivity contribution in [1.82, 2.24) is 4.90 Å². The summed E-state index contributed by atoms with van der Waals surface area (Å²) < 4.78 is 5.29. The van der Waals surface area contributed by atoms with Gasteiger partial charge in [0.25, 0.3) is 0 Å². The van der Waals surface area contributed by atoms with E-state index in [2.05, 4.69) is 24.0 Å². The van der Waals surface area contributed by atoms with Crippen LogP contribution in [0.2, 0.25) is 0 Å². The molecule has 0 aliphatic carbocycles. The Morgan fingerprint density at radius 2 is 2.29 bits per heavy atom. The van der Waals surface area contributed by atoms with E-state index >= 15 is 0 Å². The molecular formula is C14H22N2O. The number of benzene rings is 1. The van der Waals surface area contributed by atoms with Gasteiger partial charge in [-0.25, -0.2) is 0 Å². The van der Waals surface area contributed by atoms with Crippen LogP contribution in [0.15, 0.2) is 18.2 Å². The number of nitrogens with zero attached hydrogens (tertiary/aromatic N) is 1. The lowest BCUT2D eigenvalue weighted by Gasteiger charge is -2.35. The minimum Gasteiger partial charge on any atom is -0.398 e. The third-order valence-corrected chi connectivity index (χ3v) is 3.69. The molecular weight excluding hydrogens is 212 g/mol. The zero-order valence-electron chi connectivity index (χ0n) is 10.8. The number of nitrogen functional groups attached to an aromatic ring is 1. The fourth-order valence-electron chi connectivity index (χ4n) is 2.61. The average Bonchev–Trinajstić information content (AvgIpc) is 2.36. The second kappa shape index (κ2) is 5.52. The molecule has 0 aromatic heterocycles. The molecule has 2 N–H and O–H groups in total. The number of ether oxygens (including phenoxy) is 1. The van der Waals surface area contributed by atoms with E-state index in [1.165, 1.54) is 11.1 Å². The lowest BCUT2D eigenvalue weighted by atomic mass is 9.96. The molecule has 0 amide bonds. The van der Waals surface area contributed by atoms with E-state index in [1.54, 1.807) is 7.11 Å². The first-order chi connectivity index (χ1) is 8.26. The summed E-state index contributed by atoms with van der Waals surface area (Å²) in [6, 6.07) is 6.75. The number of hydrogen-bond donors (Lipinski definition) is 1. The smallest absolute Gasteiger partial charge is 0.0618 e. The Hall–Kier alpha value is -1.06. The SMILES string of the molecule is CCC(COC)N1CCc2cccc(N)c2C1. The lowest BCUT2D eigenvalue weighted by Crippen LogP contribution is -2.41. The van der Waals surface area contributed by atoms with E-state index < -0.39 is 0 Å². The third kappa shape index (κ3) is 2.61. The van der Waals surface area contributed by atoms with Gasteiger partial charge in [-0.15, -0.1) is 0 Å². The van der Waals surface area contributed by atoms with Gasteiger partial charge in [-0.1, -0.05) is 19.1 Å². The molecule has 0 fully saturated rings. The summed E-state index contributed by atoms with van der Waals surface area (Å²) in [5, 5.41) is 0. The van der Waals surface area contributed by atoms with Crippen molar-refractivity contribution in [2.45, 2.75) is 32.4 Å². The van der Waals surface area contributed by atoms with Crippen LogP contribution >= 0.6 is 0 Å². The Bertz CT molecular complexity index is 378. The quantitative estimate of drug-likeness (QED) is 0.810.